The van der Waals surface area contributed by atoms with Gasteiger partial charge in [-0.05, 0) is 24.3 Å². The van der Waals surface area contributed by atoms with Gasteiger partial charge in [0.15, 0.2) is 0 Å². The fraction of sp³-hybridized carbons (Fsp3) is 0.421. The lowest BCUT2D eigenvalue weighted by atomic mass is 9.82. The number of morpholine rings is 1. The molecule has 2 fully saturated rings. The summed E-state index contributed by atoms with van der Waals surface area (Å²) in [7, 11) is 0. The maximum absolute atomic E-state index is 12.6. The van der Waals surface area contributed by atoms with Crippen LogP contribution < -0.4 is 5.32 Å². The number of aliphatic carboxylic acids is 1. The fourth-order valence-electron chi connectivity index (χ4n) is 3.79. The summed E-state index contributed by atoms with van der Waals surface area (Å²) < 4.78 is 10.8. The zero-order valence-corrected chi connectivity index (χ0v) is 14.5. The van der Waals surface area contributed by atoms with E-state index < -0.39 is 35.9 Å². The molecule has 3 aliphatic rings. The van der Waals surface area contributed by atoms with Gasteiger partial charge in [0.2, 0.25) is 5.91 Å². The number of ether oxygens (including phenoxy) is 2. The van der Waals surface area contributed by atoms with Crippen LogP contribution in [-0.2, 0) is 19.1 Å². The lowest BCUT2D eigenvalue weighted by Gasteiger charge is -2.27. The quantitative estimate of drug-likeness (QED) is 0.756. The van der Waals surface area contributed by atoms with Gasteiger partial charge >= 0.3 is 5.97 Å². The number of rotatable bonds is 4. The number of benzene rings is 1. The predicted octanol–water partition coefficient (Wildman–Crippen LogP) is 0.752. The molecule has 4 unspecified atom stereocenters. The molecule has 8 heteroatoms. The summed E-state index contributed by atoms with van der Waals surface area (Å²) in [5.74, 6) is -3.17. The van der Waals surface area contributed by atoms with Gasteiger partial charge < -0.3 is 24.8 Å². The van der Waals surface area contributed by atoms with Gasteiger partial charge in [0, 0.05) is 24.3 Å². The molecule has 1 aromatic rings. The van der Waals surface area contributed by atoms with E-state index in [2.05, 4.69) is 5.32 Å². The summed E-state index contributed by atoms with van der Waals surface area (Å²) in [6.07, 6.45) is 2.35. The number of hydrogen-bond donors (Lipinski definition) is 2. The van der Waals surface area contributed by atoms with Crippen molar-refractivity contribution in [2.45, 2.75) is 12.2 Å². The molecule has 0 aliphatic carbocycles. The van der Waals surface area contributed by atoms with E-state index in [9.17, 15) is 19.5 Å². The first-order valence-electron chi connectivity index (χ1n) is 8.89. The van der Waals surface area contributed by atoms with Crippen LogP contribution in [0.15, 0.2) is 36.4 Å². The second kappa shape index (κ2) is 7.13. The highest BCUT2D eigenvalue weighted by Gasteiger charge is 2.53. The highest BCUT2D eigenvalue weighted by molar-refractivity contribution is 5.98. The third-order valence-electron chi connectivity index (χ3n) is 5.19. The maximum atomic E-state index is 12.6. The van der Waals surface area contributed by atoms with Gasteiger partial charge in [-0.3, -0.25) is 14.4 Å². The zero-order valence-electron chi connectivity index (χ0n) is 14.5. The molecule has 142 valence electrons. The number of nitrogens with one attached hydrogen (secondary N) is 1. The summed E-state index contributed by atoms with van der Waals surface area (Å²) in [5.41, 5.74) is 1.04. The van der Waals surface area contributed by atoms with Crippen LogP contribution in [0.25, 0.3) is 0 Å². The number of carboxylic acid groups (broad SMARTS) is 1. The highest BCUT2D eigenvalue weighted by Crippen LogP contribution is 2.39. The predicted molar refractivity (Wildman–Crippen MR) is 94.2 cm³/mol. The molecule has 27 heavy (non-hydrogen) atoms. The van der Waals surface area contributed by atoms with E-state index in [1.54, 1.807) is 41.3 Å². The lowest BCUT2D eigenvalue weighted by Crippen LogP contribution is -2.40. The summed E-state index contributed by atoms with van der Waals surface area (Å²) in [6, 6.07) is 6.59. The number of nitrogens with zero attached hydrogens (tertiary/aromatic N) is 1. The first-order chi connectivity index (χ1) is 13.0. The van der Waals surface area contributed by atoms with Crippen LogP contribution in [0.4, 0.5) is 5.69 Å². The van der Waals surface area contributed by atoms with Crippen molar-refractivity contribution in [2.75, 3.05) is 31.6 Å². The van der Waals surface area contributed by atoms with Gasteiger partial charge in [0.05, 0.1) is 31.3 Å². The second-order valence-corrected chi connectivity index (χ2v) is 6.81. The molecule has 1 aromatic carbocycles. The number of anilines is 1. The topological polar surface area (TPSA) is 105 Å². The number of hydrogen-bond acceptors (Lipinski definition) is 5. The third-order valence-corrected chi connectivity index (χ3v) is 5.19. The SMILES string of the molecule is O=C(O)C1C2C=CC(O2)C1C(=O)Nc1ccc(C(=O)N2CCOCC2)cc1. The Morgan fingerprint density at radius 2 is 1.63 bits per heavy atom. The van der Waals surface area contributed by atoms with Crippen LogP contribution >= 0.6 is 0 Å². The van der Waals surface area contributed by atoms with E-state index in [-0.39, 0.29) is 5.91 Å². The van der Waals surface area contributed by atoms with Crippen molar-refractivity contribution in [2.24, 2.45) is 11.8 Å². The molecule has 0 radical (unpaired) electrons. The summed E-state index contributed by atoms with van der Waals surface area (Å²) in [5, 5.41) is 12.1. The van der Waals surface area contributed by atoms with Gasteiger partial charge in [-0.25, -0.2) is 0 Å². The molecule has 3 aliphatic heterocycles. The van der Waals surface area contributed by atoms with Crippen LogP contribution in [0.1, 0.15) is 10.4 Å². The fourth-order valence-corrected chi connectivity index (χ4v) is 3.79. The number of carbonyl (C=O) groups is 3. The minimum absolute atomic E-state index is 0.0752. The summed E-state index contributed by atoms with van der Waals surface area (Å²) >= 11 is 0. The Morgan fingerprint density at radius 3 is 2.26 bits per heavy atom. The molecule has 2 saturated heterocycles. The van der Waals surface area contributed by atoms with Gasteiger partial charge in [-0.1, -0.05) is 12.2 Å². The first kappa shape index (κ1) is 17.7. The van der Waals surface area contributed by atoms with Crippen molar-refractivity contribution in [3.05, 3.63) is 42.0 Å². The molecule has 2 N–H and O–H groups in total. The van der Waals surface area contributed by atoms with Crippen LogP contribution in [-0.4, -0.2) is 66.3 Å². The summed E-state index contributed by atoms with van der Waals surface area (Å²) in [4.78, 5) is 38.3. The molecular formula is C19H20N2O6. The van der Waals surface area contributed by atoms with Crippen molar-refractivity contribution in [3.8, 4) is 0 Å². The Labute approximate surface area is 155 Å². The van der Waals surface area contributed by atoms with E-state index in [0.29, 0.717) is 37.6 Å². The van der Waals surface area contributed by atoms with E-state index >= 15 is 0 Å². The first-order valence-corrected chi connectivity index (χ1v) is 8.89. The van der Waals surface area contributed by atoms with Crippen molar-refractivity contribution in [1.82, 2.24) is 4.90 Å². The van der Waals surface area contributed by atoms with Crippen LogP contribution in [0.2, 0.25) is 0 Å². The smallest absolute Gasteiger partial charge is 0.310 e. The van der Waals surface area contributed by atoms with Gasteiger partial charge in [0.25, 0.3) is 5.91 Å². The Hall–Kier alpha value is -2.71. The molecule has 0 aromatic heterocycles. The van der Waals surface area contributed by atoms with Crippen molar-refractivity contribution in [3.63, 3.8) is 0 Å². The van der Waals surface area contributed by atoms with Gasteiger partial charge in [-0.2, -0.15) is 0 Å². The number of carboxylic acids is 1. The standard InChI is InChI=1S/C19H20N2O6/c22-17(15-13-5-6-14(27-13)16(15)19(24)25)20-12-3-1-11(2-4-12)18(23)21-7-9-26-10-8-21/h1-6,13-16H,7-10H2,(H,20,22)(H,24,25). The van der Waals surface area contributed by atoms with E-state index in [0.717, 1.165) is 0 Å². The molecule has 8 nitrogen and oxygen atoms in total. The monoisotopic (exact) mass is 372 g/mol. The molecule has 4 atom stereocenters. The van der Waals surface area contributed by atoms with Crippen LogP contribution in [0, 0.1) is 11.8 Å². The Bertz CT molecular complexity index is 784. The number of carbonyl (C=O) groups excluding carboxylic acids is 2. The minimum Gasteiger partial charge on any atom is -0.481 e. The minimum atomic E-state index is -1.04. The molecule has 2 bridgehead atoms. The van der Waals surface area contributed by atoms with Gasteiger partial charge in [-0.15, -0.1) is 0 Å². The normalized spacial score (nSPS) is 29.0. The lowest BCUT2D eigenvalue weighted by molar-refractivity contribution is -0.145. The Morgan fingerprint density at radius 1 is 1.00 bits per heavy atom. The molecule has 3 heterocycles. The summed E-state index contributed by atoms with van der Waals surface area (Å²) in [6.45, 7) is 2.19. The Kier molecular flexibility index (Phi) is 4.67. The largest absolute Gasteiger partial charge is 0.481 e. The van der Waals surface area contributed by atoms with E-state index in [1.165, 1.54) is 0 Å². The van der Waals surface area contributed by atoms with Gasteiger partial charge in [0.1, 0.15) is 5.92 Å². The van der Waals surface area contributed by atoms with E-state index in [1.807, 2.05) is 0 Å². The molecule has 0 spiro atoms. The van der Waals surface area contributed by atoms with Crippen LogP contribution in [0.5, 0.6) is 0 Å². The highest BCUT2D eigenvalue weighted by atomic mass is 16.5. The molecule has 0 saturated carbocycles. The average Bonchev–Trinajstić information content (AvgIpc) is 3.30. The average molecular weight is 372 g/mol. The maximum Gasteiger partial charge on any atom is 0.310 e. The molecule has 4 rings (SSSR count). The van der Waals surface area contributed by atoms with Crippen molar-refractivity contribution < 1.29 is 29.0 Å². The zero-order chi connectivity index (χ0) is 19.0. The molecular weight excluding hydrogens is 352 g/mol. The van der Waals surface area contributed by atoms with E-state index in [4.69, 9.17) is 9.47 Å². The number of fused-ring (bicyclic) bond motifs is 2. The van der Waals surface area contributed by atoms with Crippen molar-refractivity contribution in [1.29, 1.82) is 0 Å². The third kappa shape index (κ3) is 3.33. The molecule has 2 amide bonds. The number of amides is 2. The van der Waals surface area contributed by atoms with Crippen molar-refractivity contribution >= 4 is 23.5 Å². The van der Waals surface area contributed by atoms with Crippen LogP contribution in [0.3, 0.4) is 0 Å². The second-order valence-electron chi connectivity index (χ2n) is 6.81. The Balaban J connectivity index is 1.42.